The van der Waals surface area contributed by atoms with Crippen molar-refractivity contribution in [1.82, 2.24) is 15.6 Å². The van der Waals surface area contributed by atoms with Gasteiger partial charge >= 0.3 is 12.1 Å². The third-order valence-electron chi connectivity index (χ3n) is 5.82. The van der Waals surface area contributed by atoms with Crippen molar-refractivity contribution >= 4 is 18.0 Å². The normalized spacial score (nSPS) is 12.4. The number of nitrogens with one attached hydrogen (secondary N) is 2. The fourth-order valence-electron chi connectivity index (χ4n) is 4.01. The van der Waals surface area contributed by atoms with E-state index >= 15 is 0 Å². The van der Waals surface area contributed by atoms with Crippen molar-refractivity contribution in [3.63, 3.8) is 0 Å². The number of benzene rings is 2. The lowest BCUT2D eigenvalue weighted by molar-refractivity contribution is -0.126. The van der Waals surface area contributed by atoms with Gasteiger partial charge in [0.15, 0.2) is 0 Å². The average molecular weight is 460 g/mol. The van der Waals surface area contributed by atoms with Gasteiger partial charge in [0.2, 0.25) is 5.91 Å². The Morgan fingerprint density at radius 3 is 2.15 bits per heavy atom. The summed E-state index contributed by atoms with van der Waals surface area (Å²) >= 11 is 0. The molecule has 8 nitrogen and oxygen atoms in total. The van der Waals surface area contributed by atoms with Gasteiger partial charge in [0, 0.05) is 18.7 Å². The molecule has 0 radical (unpaired) electrons. The Kier molecular flexibility index (Phi) is 6.32. The number of aromatic nitrogens is 1. The van der Waals surface area contributed by atoms with E-state index in [1.54, 1.807) is 19.9 Å². The minimum Gasteiger partial charge on any atom is -0.477 e. The van der Waals surface area contributed by atoms with Gasteiger partial charge in [0.25, 0.3) is 0 Å². The standard InChI is InChI=1S/C26H25N3O5/c1-26(2,24(32)28-14-16-11-12-22(23(30)31)27-13-16)29-25(33)34-15-21-19-9-5-3-7-17(19)18-8-4-6-10-20(18)21/h3-13,21H,14-15H2,1-2H3,(H,28,32)(H,29,33)(H,30,31). The molecule has 0 unspecified atom stereocenters. The maximum absolute atomic E-state index is 12.6. The first-order valence-electron chi connectivity index (χ1n) is 10.9. The number of fused-ring (bicyclic) bond motifs is 3. The van der Waals surface area contributed by atoms with E-state index in [1.807, 2.05) is 36.4 Å². The highest BCUT2D eigenvalue weighted by atomic mass is 16.5. The van der Waals surface area contributed by atoms with E-state index < -0.39 is 23.5 Å². The van der Waals surface area contributed by atoms with Gasteiger partial charge in [0.05, 0.1) is 0 Å². The number of carbonyl (C=O) groups is 3. The second-order valence-corrected chi connectivity index (χ2v) is 8.62. The first kappa shape index (κ1) is 23.0. The molecule has 174 valence electrons. The maximum Gasteiger partial charge on any atom is 0.408 e. The van der Waals surface area contributed by atoms with Crippen molar-refractivity contribution in [2.45, 2.75) is 31.8 Å². The molecule has 3 aromatic rings. The Bertz CT molecular complexity index is 1190. The van der Waals surface area contributed by atoms with Gasteiger partial charge in [-0.3, -0.25) is 4.79 Å². The predicted molar refractivity (Wildman–Crippen MR) is 125 cm³/mol. The predicted octanol–water partition coefficient (Wildman–Crippen LogP) is 3.71. The zero-order chi connectivity index (χ0) is 24.3. The van der Waals surface area contributed by atoms with E-state index in [1.165, 1.54) is 12.3 Å². The van der Waals surface area contributed by atoms with Crippen molar-refractivity contribution < 1.29 is 24.2 Å². The minimum atomic E-state index is -1.23. The van der Waals surface area contributed by atoms with Crippen molar-refractivity contribution in [2.75, 3.05) is 6.61 Å². The summed E-state index contributed by atoms with van der Waals surface area (Å²) in [7, 11) is 0. The SMILES string of the molecule is CC(C)(NC(=O)OCC1c2ccccc2-c2ccccc21)C(=O)NCc1ccc(C(=O)O)nc1. The summed E-state index contributed by atoms with van der Waals surface area (Å²) in [4.78, 5) is 39.9. The second kappa shape index (κ2) is 9.35. The Hall–Kier alpha value is -4.20. The minimum absolute atomic E-state index is 0.0728. The highest BCUT2D eigenvalue weighted by molar-refractivity contribution is 5.89. The number of hydrogen-bond donors (Lipinski definition) is 3. The number of rotatable bonds is 7. The number of carbonyl (C=O) groups excluding carboxylic acids is 2. The molecule has 4 rings (SSSR count). The molecule has 34 heavy (non-hydrogen) atoms. The summed E-state index contributed by atoms with van der Waals surface area (Å²) < 4.78 is 5.53. The number of carboxylic acid groups (broad SMARTS) is 1. The Balaban J connectivity index is 1.33. The summed E-state index contributed by atoms with van der Waals surface area (Å²) in [6.45, 7) is 3.45. The Labute approximate surface area is 197 Å². The van der Waals surface area contributed by atoms with Crippen LogP contribution in [0.25, 0.3) is 11.1 Å². The summed E-state index contributed by atoms with van der Waals surface area (Å²) in [6.07, 6.45) is 0.699. The quantitative estimate of drug-likeness (QED) is 0.496. The molecule has 2 aromatic carbocycles. The fourth-order valence-corrected chi connectivity index (χ4v) is 4.01. The fraction of sp³-hybridized carbons (Fsp3) is 0.231. The molecule has 1 aliphatic carbocycles. The molecule has 2 amide bonds. The van der Waals surface area contributed by atoms with Crippen LogP contribution in [0, 0.1) is 0 Å². The van der Waals surface area contributed by atoms with E-state index in [2.05, 4.69) is 27.8 Å². The number of pyridine rings is 1. The lowest BCUT2D eigenvalue weighted by Gasteiger charge is -2.25. The van der Waals surface area contributed by atoms with Crippen LogP contribution in [0.2, 0.25) is 0 Å². The van der Waals surface area contributed by atoms with Crippen LogP contribution in [0.3, 0.4) is 0 Å². The molecule has 0 spiro atoms. The number of alkyl carbamates (subject to hydrolysis) is 1. The number of carboxylic acids is 1. The lowest BCUT2D eigenvalue weighted by Crippen LogP contribution is -2.54. The van der Waals surface area contributed by atoms with E-state index in [0.717, 1.165) is 22.3 Å². The molecular formula is C26H25N3O5. The van der Waals surface area contributed by atoms with Crippen LogP contribution in [0.15, 0.2) is 66.9 Å². The van der Waals surface area contributed by atoms with Crippen molar-refractivity contribution in [3.05, 3.63) is 89.2 Å². The molecule has 0 aliphatic heterocycles. The van der Waals surface area contributed by atoms with Gasteiger partial charge in [-0.05, 0) is 47.7 Å². The molecule has 0 saturated carbocycles. The van der Waals surface area contributed by atoms with Gasteiger partial charge < -0.3 is 20.5 Å². The average Bonchev–Trinajstić information content (AvgIpc) is 3.15. The van der Waals surface area contributed by atoms with Gasteiger partial charge in [-0.1, -0.05) is 54.6 Å². The first-order chi connectivity index (χ1) is 16.3. The highest BCUT2D eigenvalue weighted by Gasteiger charge is 2.32. The van der Waals surface area contributed by atoms with Gasteiger partial charge in [-0.2, -0.15) is 0 Å². The largest absolute Gasteiger partial charge is 0.477 e. The molecule has 0 atom stereocenters. The summed E-state index contributed by atoms with van der Waals surface area (Å²) in [5.41, 5.74) is 3.82. The molecule has 1 heterocycles. The Morgan fingerprint density at radius 2 is 1.59 bits per heavy atom. The summed E-state index contributed by atoms with van der Waals surface area (Å²) in [5, 5.41) is 14.3. The van der Waals surface area contributed by atoms with E-state index in [0.29, 0.717) is 5.56 Å². The molecular weight excluding hydrogens is 434 g/mol. The van der Waals surface area contributed by atoms with E-state index in [9.17, 15) is 14.4 Å². The number of aromatic carboxylic acids is 1. The van der Waals surface area contributed by atoms with Gasteiger partial charge in [-0.15, -0.1) is 0 Å². The van der Waals surface area contributed by atoms with Crippen molar-refractivity contribution in [2.24, 2.45) is 0 Å². The molecule has 0 fully saturated rings. The summed E-state index contributed by atoms with van der Waals surface area (Å²) in [5.74, 6) is -1.61. The first-order valence-corrected chi connectivity index (χ1v) is 10.9. The van der Waals surface area contributed by atoms with Crippen LogP contribution in [0.5, 0.6) is 0 Å². The zero-order valence-corrected chi connectivity index (χ0v) is 18.9. The van der Waals surface area contributed by atoms with Crippen molar-refractivity contribution in [1.29, 1.82) is 0 Å². The molecule has 0 saturated heterocycles. The summed E-state index contributed by atoms with van der Waals surface area (Å²) in [6, 6.07) is 19.1. The number of nitrogens with zero attached hydrogens (tertiary/aromatic N) is 1. The molecule has 8 heteroatoms. The third kappa shape index (κ3) is 4.76. The van der Waals surface area contributed by atoms with Gasteiger partial charge in [-0.25, -0.2) is 14.6 Å². The maximum atomic E-state index is 12.6. The van der Waals surface area contributed by atoms with Crippen LogP contribution in [-0.4, -0.2) is 40.2 Å². The number of hydrogen-bond acceptors (Lipinski definition) is 5. The second-order valence-electron chi connectivity index (χ2n) is 8.62. The number of ether oxygens (including phenoxy) is 1. The van der Waals surface area contributed by atoms with Crippen molar-refractivity contribution in [3.8, 4) is 11.1 Å². The lowest BCUT2D eigenvalue weighted by atomic mass is 9.98. The zero-order valence-electron chi connectivity index (χ0n) is 18.9. The molecule has 0 bridgehead atoms. The smallest absolute Gasteiger partial charge is 0.408 e. The van der Waals surface area contributed by atoms with Crippen LogP contribution < -0.4 is 10.6 Å². The van der Waals surface area contributed by atoms with Crippen LogP contribution in [-0.2, 0) is 16.1 Å². The van der Waals surface area contributed by atoms with Gasteiger partial charge in [0.1, 0.15) is 17.8 Å². The van der Waals surface area contributed by atoms with Crippen LogP contribution in [0.4, 0.5) is 4.79 Å². The topological polar surface area (TPSA) is 118 Å². The van der Waals surface area contributed by atoms with E-state index in [4.69, 9.17) is 9.84 Å². The monoisotopic (exact) mass is 459 g/mol. The molecule has 3 N–H and O–H groups in total. The van der Waals surface area contributed by atoms with Crippen LogP contribution >= 0.6 is 0 Å². The third-order valence-corrected chi connectivity index (χ3v) is 5.82. The Morgan fingerprint density at radius 1 is 0.971 bits per heavy atom. The molecule has 1 aromatic heterocycles. The molecule has 1 aliphatic rings. The van der Waals surface area contributed by atoms with E-state index in [-0.39, 0.29) is 24.8 Å². The highest BCUT2D eigenvalue weighted by Crippen LogP contribution is 2.44. The van der Waals surface area contributed by atoms with Crippen LogP contribution in [0.1, 0.15) is 46.9 Å². The number of amides is 2.